The molecular weight excluding hydrogens is 242 g/mol. The third-order valence-electron chi connectivity index (χ3n) is 4.56. The van der Waals surface area contributed by atoms with Crippen molar-refractivity contribution in [1.29, 1.82) is 0 Å². The maximum atomic E-state index is 6.53. The standard InChI is InChI=1S/C19H31N/c1-14(13-19(2,3)4)12-18(20)17-11-6-5-10-16(17)15-8-7-9-15/h5-6,10-11,14-15,18H,7-9,12-13,20H2,1-4H3. The second-order valence-electron chi connectivity index (χ2n) is 7.97. The van der Waals surface area contributed by atoms with E-state index in [1.54, 1.807) is 0 Å². The van der Waals surface area contributed by atoms with Crippen molar-refractivity contribution in [2.45, 2.75) is 71.8 Å². The zero-order valence-corrected chi connectivity index (χ0v) is 13.7. The highest BCUT2D eigenvalue weighted by atomic mass is 14.6. The zero-order valence-electron chi connectivity index (χ0n) is 13.7. The lowest BCUT2D eigenvalue weighted by Crippen LogP contribution is -2.21. The molecule has 1 saturated carbocycles. The highest BCUT2D eigenvalue weighted by molar-refractivity contribution is 5.34. The topological polar surface area (TPSA) is 26.0 Å². The zero-order chi connectivity index (χ0) is 14.8. The minimum atomic E-state index is 0.198. The molecule has 0 heterocycles. The van der Waals surface area contributed by atoms with Crippen LogP contribution < -0.4 is 5.73 Å². The lowest BCUT2D eigenvalue weighted by Gasteiger charge is -2.31. The smallest absolute Gasteiger partial charge is 0.0300 e. The van der Waals surface area contributed by atoms with E-state index in [1.807, 2.05) is 0 Å². The van der Waals surface area contributed by atoms with Gasteiger partial charge in [-0.1, -0.05) is 58.4 Å². The molecule has 20 heavy (non-hydrogen) atoms. The molecule has 0 aromatic heterocycles. The van der Waals surface area contributed by atoms with Gasteiger partial charge in [-0.25, -0.2) is 0 Å². The fourth-order valence-electron chi connectivity index (χ4n) is 3.63. The highest BCUT2D eigenvalue weighted by Crippen LogP contribution is 2.40. The fourth-order valence-corrected chi connectivity index (χ4v) is 3.63. The van der Waals surface area contributed by atoms with Crippen molar-refractivity contribution in [3.8, 4) is 0 Å². The highest BCUT2D eigenvalue weighted by Gasteiger charge is 2.25. The van der Waals surface area contributed by atoms with Gasteiger partial charge in [0.2, 0.25) is 0 Å². The van der Waals surface area contributed by atoms with Crippen molar-refractivity contribution in [2.75, 3.05) is 0 Å². The normalized spacial score (nSPS) is 19.4. The van der Waals surface area contributed by atoms with Crippen LogP contribution in [-0.4, -0.2) is 0 Å². The molecule has 0 radical (unpaired) electrons. The Morgan fingerprint density at radius 2 is 1.85 bits per heavy atom. The van der Waals surface area contributed by atoms with E-state index in [9.17, 15) is 0 Å². The van der Waals surface area contributed by atoms with Crippen LogP contribution in [0.5, 0.6) is 0 Å². The Hall–Kier alpha value is -0.820. The van der Waals surface area contributed by atoms with Crippen LogP contribution in [0, 0.1) is 11.3 Å². The van der Waals surface area contributed by atoms with Crippen LogP contribution in [0.3, 0.4) is 0 Å². The van der Waals surface area contributed by atoms with Crippen LogP contribution in [0.1, 0.15) is 82.9 Å². The van der Waals surface area contributed by atoms with Crippen molar-refractivity contribution in [3.05, 3.63) is 35.4 Å². The fraction of sp³-hybridized carbons (Fsp3) is 0.684. The Balaban J connectivity index is 2.03. The summed E-state index contributed by atoms with van der Waals surface area (Å²) in [6.45, 7) is 9.29. The van der Waals surface area contributed by atoms with Crippen molar-refractivity contribution in [1.82, 2.24) is 0 Å². The SMILES string of the molecule is CC(CC(N)c1ccccc1C1CCC1)CC(C)(C)C. The lowest BCUT2D eigenvalue weighted by molar-refractivity contribution is 0.285. The molecule has 112 valence electrons. The molecule has 2 N–H and O–H groups in total. The van der Waals surface area contributed by atoms with E-state index in [-0.39, 0.29) is 6.04 Å². The maximum absolute atomic E-state index is 6.53. The van der Waals surface area contributed by atoms with Gasteiger partial charge in [-0.3, -0.25) is 0 Å². The number of hydrogen-bond acceptors (Lipinski definition) is 1. The summed E-state index contributed by atoms with van der Waals surface area (Å²) in [5, 5.41) is 0. The molecule has 0 amide bonds. The molecule has 1 aromatic rings. The quantitative estimate of drug-likeness (QED) is 0.762. The Kier molecular flexibility index (Phi) is 4.90. The van der Waals surface area contributed by atoms with E-state index >= 15 is 0 Å². The van der Waals surface area contributed by atoms with Crippen LogP contribution in [0.2, 0.25) is 0 Å². The number of nitrogens with two attached hydrogens (primary N) is 1. The van der Waals surface area contributed by atoms with Gasteiger partial charge in [0.05, 0.1) is 0 Å². The van der Waals surface area contributed by atoms with Crippen molar-refractivity contribution >= 4 is 0 Å². The first-order valence-electron chi connectivity index (χ1n) is 8.21. The van der Waals surface area contributed by atoms with E-state index in [4.69, 9.17) is 5.73 Å². The van der Waals surface area contributed by atoms with Gasteiger partial charge in [-0.2, -0.15) is 0 Å². The summed E-state index contributed by atoms with van der Waals surface area (Å²) >= 11 is 0. The van der Waals surface area contributed by atoms with E-state index < -0.39 is 0 Å². The van der Waals surface area contributed by atoms with Crippen LogP contribution in [0.25, 0.3) is 0 Å². The largest absolute Gasteiger partial charge is 0.324 e. The molecule has 1 fully saturated rings. The summed E-state index contributed by atoms with van der Waals surface area (Å²) in [5.41, 5.74) is 9.85. The van der Waals surface area contributed by atoms with Gasteiger partial charge in [0.15, 0.2) is 0 Å². The van der Waals surface area contributed by atoms with Crippen molar-refractivity contribution < 1.29 is 0 Å². The molecule has 1 nitrogen and oxygen atoms in total. The van der Waals surface area contributed by atoms with E-state index in [0.29, 0.717) is 11.3 Å². The molecular formula is C19H31N. The molecule has 1 heteroatoms. The summed E-state index contributed by atoms with van der Waals surface area (Å²) in [6, 6.07) is 9.06. The second-order valence-corrected chi connectivity index (χ2v) is 7.97. The van der Waals surface area contributed by atoms with Gasteiger partial charge >= 0.3 is 0 Å². The van der Waals surface area contributed by atoms with Crippen LogP contribution in [-0.2, 0) is 0 Å². The van der Waals surface area contributed by atoms with Gasteiger partial charge in [0.25, 0.3) is 0 Å². The summed E-state index contributed by atoms with van der Waals surface area (Å²) in [4.78, 5) is 0. The Morgan fingerprint density at radius 1 is 1.20 bits per heavy atom. The van der Waals surface area contributed by atoms with Gasteiger partial charge < -0.3 is 5.73 Å². The third kappa shape index (κ3) is 4.09. The number of hydrogen-bond donors (Lipinski definition) is 1. The van der Waals surface area contributed by atoms with Gasteiger partial charge in [-0.15, -0.1) is 0 Å². The first kappa shape index (κ1) is 15.6. The van der Waals surface area contributed by atoms with E-state index in [1.165, 1.54) is 36.8 Å². The predicted molar refractivity (Wildman–Crippen MR) is 87.8 cm³/mol. The molecule has 1 aliphatic rings. The molecule has 2 unspecified atom stereocenters. The molecule has 2 atom stereocenters. The maximum Gasteiger partial charge on any atom is 0.0300 e. The summed E-state index contributed by atoms with van der Waals surface area (Å²) < 4.78 is 0. The average Bonchev–Trinajstić information content (AvgIpc) is 2.24. The first-order valence-corrected chi connectivity index (χ1v) is 8.21. The van der Waals surface area contributed by atoms with Crippen molar-refractivity contribution in [3.63, 3.8) is 0 Å². The molecule has 2 rings (SSSR count). The number of rotatable bonds is 5. The van der Waals surface area contributed by atoms with Crippen molar-refractivity contribution in [2.24, 2.45) is 17.1 Å². The minimum absolute atomic E-state index is 0.198. The van der Waals surface area contributed by atoms with Gasteiger partial charge in [0.1, 0.15) is 0 Å². The summed E-state index contributed by atoms with van der Waals surface area (Å²) in [5.74, 6) is 1.45. The van der Waals surface area contributed by atoms with Gasteiger partial charge in [-0.05, 0) is 54.1 Å². The average molecular weight is 273 g/mol. The van der Waals surface area contributed by atoms with E-state index in [2.05, 4.69) is 52.0 Å². The molecule has 0 bridgehead atoms. The third-order valence-corrected chi connectivity index (χ3v) is 4.56. The first-order chi connectivity index (χ1) is 9.37. The van der Waals surface area contributed by atoms with Crippen LogP contribution in [0.4, 0.5) is 0 Å². The van der Waals surface area contributed by atoms with Gasteiger partial charge in [0, 0.05) is 6.04 Å². The van der Waals surface area contributed by atoms with E-state index in [0.717, 1.165) is 12.3 Å². The summed E-state index contributed by atoms with van der Waals surface area (Å²) in [7, 11) is 0. The lowest BCUT2D eigenvalue weighted by atomic mass is 9.76. The second kappa shape index (κ2) is 6.30. The summed E-state index contributed by atoms with van der Waals surface area (Å²) in [6.07, 6.45) is 6.42. The minimum Gasteiger partial charge on any atom is -0.324 e. The van der Waals surface area contributed by atoms with Crippen LogP contribution in [0.15, 0.2) is 24.3 Å². The monoisotopic (exact) mass is 273 g/mol. The Bertz CT molecular complexity index is 426. The van der Waals surface area contributed by atoms with Crippen LogP contribution >= 0.6 is 0 Å². The molecule has 0 spiro atoms. The molecule has 0 aliphatic heterocycles. The Morgan fingerprint density at radius 3 is 2.40 bits per heavy atom. The number of benzene rings is 1. The molecule has 1 aromatic carbocycles. The Labute approximate surface area is 125 Å². The predicted octanol–water partition coefficient (Wildman–Crippen LogP) is 5.42. The molecule has 1 aliphatic carbocycles. The molecule has 0 saturated heterocycles.